The van der Waals surface area contributed by atoms with E-state index >= 15 is 0 Å². The Hall–Kier alpha value is -2.15. The van der Waals surface area contributed by atoms with Crippen molar-refractivity contribution in [1.82, 2.24) is 10.9 Å². The van der Waals surface area contributed by atoms with E-state index in [1.165, 1.54) is 11.3 Å². The molecule has 1 aromatic rings. The molecule has 1 heterocycles. The Morgan fingerprint density at radius 1 is 1.18 bits per heavy atom. The number of carboxylic acid groups (broad SMARTS) is 1. The van der Waals surface area contributed by atoms with Gasteiger partial charge in [-0.2, -0.15) is 0 Å². The molecule has 0 aromatic carbocycles. The Morgan fingerprint density at radius 2 is 1.86 bits per heavy atom. The van der Waals surface area contributed by atoms with Crippen LogP contribution in [-0.4, -0.2) is 17.8 Å². The third-order valence-corrected chi connectivity index (χ3v) is 5.42. The number of allylic oxidation sites excluding steroid dienone is 2. The van der Waals surface area contributed by atoms with E-state index in [-0.39, 0.29) is 11.8 Å². The van der Waals surface area contributed by atoms with Gasteiger partial charge in [0.05, 0.1) is 10.8 Å². The Balaban J connectivity index is 1.65. The number of hydrogen-bond donors (Lipinski definition) is 2. The van der Waals surface area contributed by atoms with Crippen LogP contribution in [-0.2, 0) is 9.59 Å². The predicted octanol–water partition coefficient (Wildman–Crippen LogP) is 0.00572. The average Bonchev–Trinajstić information content (AvgIpc) is 3.18. The number of rotatable bonds is 3. The molecule has 0 aliphatic heterocycles. The van der Waals surface area contributed by atoms with Crippen molar-refractivity contribution < 1.29 is 19.5 Å². The molecule has 1 aromatic heterocycles. The van der Waals surface area contributed by atoms with E-state index in [0.29, 0.717) is 11.3 Å². The van der Waals surface area contributed by atoms with Gasteiger partial charge in [-0.25, -0.2) is 0 Å². The number of fused-ring (bicyclic) bond motifs is 2. The van der Waals surface area contributed by atoms with Gasteiger partial charge in [-0.05, 0) is 42.2 Å². The van der Waals surface area contributed by atoms with E-state index in [4.69, 9.17) is 0 Å². The maximum Gasteiger partial charge on any atom is 0.280 e. The zero-order valence-electron chi connectivity index (χ0n) is 11.9. The highest BCUT2D eigenvalue weighted by molar-refractivity contribution is 7.12. The van der Waals surface area contributed by atoms with Gasteiger partial charge in [0, 0.05) is 11.9 Å². The molecule has 0 spiro atoms. The highest BCUT2D eigenvalue weighted by atomic mass is 32.1. The first-order chi connectivity index (χ1) is 10.5. The molecule has 2 N–H and O–H groups in total. The summed E-state index contributed by atoms with van der Waals surface area (Å²) in [5.41, 5.74) is 5.53. The van der Waals surface area contributed by atoms with Crippen LogP contribution in [0.15, 0.2) is 23.6 Å². The monoisotopic (exact) mass is 319 g/mol. The van der Waals surface area contributed by atoms with E-state index in [1.807, 2.05) is 18.2 Å². The molecule has 2 bridgehead atoms. The maximum absolute atomic E-state index is 12.3. The number of aliphatic carboxylic acids is 1. The summed E-state index contributed by atoms with van der Waals surface area (Å²) in [5.74, 6) is -3.86. The lowest BCUT2D eigenvalue weighted by Gasteiger charge is -2.27. The Kier molecular flexibility index (Phi) is 3.74. The van der Waals surface area contributed by atoms with Gasteiger partial charge < -0.3 is 9.90 Å². The second-order valence-corrected chi connectivity index (χ2v) is 6.61. The third kappa shape index (κ3) is 2.41. The lowest BCUT2D eigenvalue weighted by molar-refractivity contribution is -0.313. The first-order valence-electron chi connectivity index (χ1n) is 7.02. The van der Waals surface area contributed by atoms with Crippen molar-refractivity contribution in [3.8, 4) is 0 Å². The number of carboxylic acids is 1. The van der Waals surface area contributed by atoms with Gasteiger partial charge in [0.2, 0.25) is 5.91 Å². The van der Waals surface area contributed by atoms with E-state index in [1.54, 1.807) is 12.3 Å². The fourth-order valence-electron chi connectivity index (χ4n) is 3.36. The highest BCUT2D eigenvalue weighted by Gasteiger charge is 2.48. The van der Waals surface area contributed by atoms with Crippen LogP contribution in [0.2, 0.25) is 0 Å². The van der Waals surface area contributed by atoms with Crippen molar-refractivity contribution in [1.29, 1.82) is 0 Å². The number of nitrogens with one attached hydrogen (secondary N) is 2. The van der Waals surface area contributed by atoms with E-state index in [2.05, 4.69) is 10.9 Å². The predicted molar refractivity (Wildman–Crippen MR) is 77.4 cm³/mol. The van der Waals surface area contributed by atoms with Gasteiger partial charge in [0.25, 0.3) is 5.91 Å². The van der Waals surface area contributed by atoms with Crippen LogP contribution in [0, 0.1) is 30.6 Å². The molecule has 0 unspecified atom stereocenters. The fraction of sp³-hybridized carbons (Fsp3) is 0.400. The molecule has 1 saturated carbocycles. The Bertz CT molecular complexity index is 666. The zero-order valence-corrected chi connectivity index (χ0v) is 12.7. The molecule has 22 heavy (non-hydrogen) atoms. The number of carbonyl (C=O) groups is 3. The van der Waals surface area contributed by atoms with Crippen LogP contribution < -0.4 is 16.0 Å². The second-order valence-electron chi connectivity index (χ2n) is 5.70. The lowest BCUT2D eigenvalue weighted by Crippen LogP contribution is -2.50. The van der Waals surface area contributed by atoms with Crippen LogP contribution >= 0.6 is 11.3 Å². The molecule has 116 valence electrons. The van der Waals surface area contributed by atoms with Crippen molar-refractivity contribution in [2.45, 2.75) is 13.3 Å². The van der Waals surface area contributed by atoms with Gasteiger partial charge in [0.15, 0.2) is 0 Å². The quantitative estimate of drug-likeness (QED) is 0.605. The molecular formula is C15H15N2O4S-. The first kappa shape index (κ1) is 14.8. The second kappa shape index (κ2) is 5.57. The summed E-state index contributed by atoms with van der Waals surface area (Å²) in [6.45, 7) is 1.81. The largest absolute Gasteiger partial charge is 0.550 e. The summed E-state index contributed by atoms with van der Waals surface area (Å²) >= 11 is 1.28. The molecule has 1 fully saturated rings. The van der Waals surface area contributed by atoms with Crippen molar-refractivity contribution in [3.05, 3.63) is 34.0 Å². The molecule has 2 amide bonds. The van der Waals surface area contributed by atoms with E-state index < -0.39 is 29.6 Å². The fourth-order valence-corrected chi connectivity index (χ4v) is 4.19. The molecule has 4 atom stereocenters. The number of hydrazine groups is 1. The first-order valence-corrected chi connectivity index (χ1v) is 7.90. The van der Waals surface area contributed by atoms with Crippen LogP contribution in [0.1, 0.15) is 21.7 Å². The SMILES string of the molecule is Cc1ccsc1C(=O)NNC(=O)[C@@H]1[C@@H](C(=O)[O-])[C@H]2C=C[C@@H]1C2. The number of thiophene rings is 1. The number of aryl methyl sites for hydroxylation is 1. The van der Waals surface area contributed by atoms with Gasteiger partial charge in [-0.3, -0.25) is 20.4 Å². The normalized spacial score (nSPS) is 28.6. The van der Waals surface area contributed by atoms with Gasteiger partial charge in [-0.15, -0.1) is 11.3 Å². The van der Waals surface area contributed by atoms with Crippen molar-refractivity contribution in [2.75, 3.05) is 0 Å². The average molecular weight is 319 g/mol. The number of hydrogen-bond acceptors (Lipinski definition) is 5. The molecule has 6 nitrogen and oxygen atoms in total. The molecule has 7 heteroatoms. The molecule has 0 radical (unpaired) electrons. The summed E-state index contributed by atoms with van der Waals surface area (Å²) in [5, 5.41) is 13.1. The number of amides is 2. The molecule has 0 saturated heterocycles. The summed E-state index contributed by atoms with van der Waals surface area (Å²) in [6.07, 6.45) is 4.36. The topological polar surface area (TPSA) is 98.3 Å². The van der Waals surface area contributed by atoms with Crippen LogP contribution in [0.5, 0.6) is 0 Å². The standard InChI is InChI=1S/C15H16N2O4S/c1-7-4-5-22-12(7)14(19)17-16-13(18)10-8-2-3-9(6-8)11(10)15(20)21/h2-5,8-11H,6H2,1H3,(H,16,18)(H,17,19)(H,20,21)/p-1/t8-,9+,10+,11+/m1/s1. The minimum Gasteiger partial charge on any atom is -0.550 e. The van der Waals surface area contributed by atoms with Crippen LogP contribution in [0.4, 0.5) is 0 Å². The molecule has 2 aliphatic rings. The minimum absolute atomic E-state index is 0.103. The number of carbonyl (C=O) groups excluding carboxylic acids is 3. The summed E-state index contributed by atoms with van der Waals surface area (Å²) < 4.78 is 0. The Morgan fingerprint density at radius 3 is 2.45 bits per heavy atom. The highest BCUT2D eigenvalue weighted by Crippen LogP contribution is 2.47. The maximum atomic E-state index is 12.3. The van der Waals surface area contributed by atoms with E-state index in [0.717, 1.165) is 5.56 Å². The van der Waals surface area contributed by atoms with E-state index in [9.17, 15) is 19.5 Å². The molecule has 2 aliphatic carbocycles. The summed E-state index contributed by atoms with van der Waals surface area (Å²) in [7, 11) is 0. The van der Waals surface area contributed by atoms with Crippen LogP contribution in [0.25, 0.3) is 0 Å². The van der Waals surface area contributed by atoms with Crippen molar-refractivity contribution in [3.63, 3.8) is 0 Å². The molecule has 3 rings (SSSR count). The molecular weight excluding hydrogens is 304 g/mol. The van der Waals surface area contributed by atoms with Gasteiger partial charge in [-0.1, -0.05) is 12.2 Å². The van der Waals surface area contributed by atoms with Crippen molar-refractivity contribution >= 4 is 29.1 Å². The third-order valence-electron chi connectivity index (χ3n) is 4.40. The summed E-state index contributed by atoms with van der Waals surface area (Å²) in [6, 6.07) is 1.81. The Labute approximate surface area is 131 Å². The lowest BCUT2D eigenvalue weighted by atomic mass is 9.82. The van der Waals surface area contributed by atoms with Gasteiger partial charge >= 0.3 is 0 Å². The summed E-state index contributed by atoms with van der Waals surface area (Å²) in [4.78, 5) is 36.0. The van der Waals surface area contributed by atoms with Crippen molar-refractivity contribution in [2.24, 2.45) is 23.7 Å². The van der Waals surface area contributed by atoms with Gasteiger partial charge in [0.1, 0.15) is 0 Å². The zero-order chi connectivity index (χ0) is 15.9. The smallest absolute Gasteiger partial charge is 0.280 e. The van der Waals surface area contributed by atoms with Crippen LogP contribution in [0.3, 0.4) is 0 Å². The minimum atomic E-state index is -1.21.